The lowest BCUT2D eigenvalue weighted by Gasteiger charge is -2.11. The number of nitrogens with zero attached hydrogens (tertiary/aromatic N) is 1. The van der Waals surface area contributed by atoms with Gasteiger partial charge in [-0.3, -0.25) is 0 Å². The molecule has 0 atom stereocenters. The Labute approximate surface area is 131 Å². The molecule has 1 aromatic carbocycles. The zero-order valence-corrected chi connectivity index (χ0v) is 14.1. The van der Waals surface area contributed by atoms with E-state index in [0.717, 1.165) is 6.54 Å². The number of nitrogens with two attached hydrogens (primary N) is 1. The van der Waals surface area contributed by atoms with Gasteiger partial charge in [0.25, 0.3) is 0 Å². The summed E-state index contributed by atoms with van der Waals surface area (Å²) in [5.41, 5.74) is 6.56. The molecule has 0 radical (unpaired) electrons. The molecule has 0 fully saturated rings. The molecule has 0 bridgehead atoms. The normalized spacial score (nSPS) is 12.0. The molecule has 1 rings (SSSR count). The summed E-state index contributed by atoms with van der Waals surface area (Å²) in [6.45, 7) is 3.58. The van der Waals surface area contributed by atoms with Crippen LogP contribution in [0.1, 0.15) is 5.56 Å². The summed E-state index contributed by atoms with van der Waals surface area (Å²) < 4.78 is 32.0. The maximum atomic E-state index is 12.1. The van der Waals surface area contributed by atoms with Gasteiger partial charge in [-0.25, -0.2) is 13.1 Å². The Kier molecular flexibility index (Phi) is 6.89. The number of halogens is 1. The molecular formula is C13H22ClN3O3S. The second-order valence-corrected chi connectivity index (χ2v) is 7.10. The lowest BCUT2D eigenvalue weighted by Crippen LogP contribution is -2.28. The fraction of sp³-hybridized carbons (Fsp3) is 0.538. The van der Waals surface area contributed by atoms with Gasteiger partial charge in [0.15, 0.2) is 0 Å². The first-order valence-electron chi connectivity index (χ1n) is 6.52. The zero-order valence-electron chi connectivity index (χ0n) is 12.5. The van der Waals surface area contributed by atoms with Gasteiger partial charge in [0.05, 0.1) is 28.8 Å². The van der Waals surface area contributed by atoms with E-state index < -0.39 is 10.0 Å². The first-order valence-corrected chi connectivity index (χ1v) is 8.38. The summed E-state index contributed by atoms with van der Waals surface area (Å²) in [6.07, 6.45) is 0. The van der Waals surface area contributed by atoms with Gasteiger partial charge in [0.2, 0.25) is 10.0 Å². The van der Waals surface area contributed by atoms with Crippen LogP contribution in [0.15, 0.2) is 17.0 Å². The molecule has 0 aliphatic heterocycles. The molecule has 0 aromatic heterocycles. The smallest absolute Gasteiger partial charge is 0.240 e. The largest absolute Gasteiger partial charge is 0.397 e. The van der Waals surface area contributed by atoms with Crippen molar-refractivity contribution in [2.45, 2.75) is 11.8 Å². The minimum atomic E-state index is -3.60. The summed E-state index contributed by atoms with van der Waals surface area (Å²) in [7, 11) is 0.283. The van der Waals surface area contributed by atoms with Crippen LogP contribution in [-0.2, 0) is 14.8 Å². The van der Waals surface area contributed by atoms with Gasteiger partial charge in [0.1, 0.15) is 0 Å². The van der Waals surface area contributed by atoms with Gasteiger partial charge >= 0.3 is 0 Å². The molecule has 21 heavy (non-hydrogen) atoms. The monoisotopic (exact) mass is 335 g/mol. The van der Waals surface area contributed by atoms with Crippen molar-refractivity contribution in [1.29, 1.82) is 0 Å². The highest BCUT2D eigenvalue weighted by molar-refractivity contribution is 7.89. The fourth-order valence-electron chi connectivity index (χ4n) is 1.60. The van der Waals surface area contributed by atoms with Crippen LogP contribution in [-0.4, -0.2) is 53.7 Å². The molecule has 0 heterocycles. The van der Waals surface area contributed by atoms with Crippen LogP contribution in [0.4, 0.5) is 5.69 Å². The standard InChI is InChI=1S/C13H22ClN3O3S/c1-10-8-11(9-12(15)13(10)14)21(18,19)16-4-6-20-7-5-17(2)3/h8-9,16H,4-7,15H2,1-3H3. The van der Waals surface area contributed by atoms with Gasteiger partial charge in [-0.15, -0.1) is 0 Å². The number of likely N-dealkylation sites (N-methyl/N-ethyl adjacent to an activating group) is 1. The number of hydrogen-bond acceptors (Lipinski definition) is 5. The van der Waals surface area contributed by atoms with Crippen LogP contribution in [0.5, 0.6) is 0 Å². The quantitative estimate of drug-likeness (QED) is 0.548. The van der Waals surface area contributed by atoms with Crippen molar-refractivity contribution in [3.63, 3.8) is 0 Å². The predicted molar refractivity (Wildman–Crippen MR) is 85.2 cm³/mol. The topological polar surface area (TPSA) is 84.7 Å². The molecule has 0 saturated heterocycles. The van der Waals surface area contributed by atoms with Crippen LogP contribution in [0.3, 0.4) is 0 Å². The van der Waals surface area contributed by atoms with Crippen molar-refractivity contribution >= 4 is 27.3 Å². The van der Waals surface area contributed by atoms with E-state index in [9.17, 15) is 8.42 Å². The molecule has 0 saturated carbocycles. The third kappa shape index (κ3) is 5.80. The molecule has 0 amide bonds. The van der Waals surface area contributed by atoms with Crippen molar-refractivity contribution in [3.05, 3.63) is 22.7 Å². The highest BCUT2D eigenvalue weighted by Crippen LogP contribution is 2.26. The molecule has 3 N–H and O–H groups in total. The van der Waals surface area contributed by atoms with E-state index in [1.807, 2.05) is 19.0 Å². The lowest BCUT2D eigenvalue weighted by molar-refractivity contribution is 0.122. The summed E-state index contributed by atoms with van der Waals surface area (Å²) >= 11 is 5.92. The third-order valence-corrected chi connectivity index (χ3v) is 4.74. The number of rotatable bonds is 8. The first-order chi connectivity index (χ1) is 9.74. The molecule has 0 unspecified atom stereocenters. The highest BCUT2D eigenvalue weighted by atomic mass is 35.5. The number of sulfonamides is 1. The second-order valence-electron chi connectivity index (χ2n) is 4.96. The van der Waals surface area contributed by atoms with Crippen molar-refractivity contribution in [3.8, 4) is 0 Å². The molecule has 1 aromatic rings. The average Bonchev–Trinajstić information content (AvgIpc) is 2.39. The Balaban J connectivity index is 2.54. The molecule has 6 nitrogen and oxygen atoms in total. The summed E-state index contributed by atoms with van der Waals surface area (Å²) in [4.78, 5) is 2.10. The Morgan fingerprint density at radius 3 is 2.57 bits per heavy atom. The van der Waals surface area contributed by atoms with Crippen LogP contribution in [0.25, 0.3) is 0 Å². The van der Waals surface area contributed by atoms with Crippen LogP contribution >= 0.6 is 11.6 Å². The van der Waals surface area contributed by atoms with E-state index >= 15 is 0 Å². The van der Waals surface area contributed by atoms with Crippen molar-refractivity contribution < 1.29 is 13.2 Å². The Morgan fingerprint density at radius 1 is 1.33 bits per heavy atom. The molecule has 0 aliphatic rings. The number of nitrogen functional groups attached to an aromatic ring is 1. The van der Waals surface area contributed by atoms with Crippen molar-refractivity contribution in [1.82, 2.24) is 9.62 Å². The van der Waals surface area contributed by atoms with E-state index in [1.165, 1.54) is 12.1 Å². The lowest BCUT2D eigenvalue weighted by atomic mass is 10.2. The van der Waals surface area contributed by atoms with Gasteiger partial charge in [-0.2, -0.15) is 0 Å². The number of aryl methyl sites for hydroxylation is 1. The summed E-state index contributed by atoms with van der Waals surface area (Å²) in [6, 6.07) is 2.85. The van der Waals surface area contributed by atoms with Gasteiger partial charge in [-0.05, 0) is 38.7 Å². The Hall–Kier alpha value is -0.860. The van der Waals surface area contributed by atoms with E-state index in [-0.39, 0.29) is 17.1 Å². The van der Waals surface area contributed by atoms with Gasteiger partial charge < -0.3 is 15.4 Å². The number of benzene rings is 1. The minimum Gasteiger partial charge on any atom is -0.397 e. The zero-order chi connectivity index (χ0) is 16.0. The average molecular weight is 336 g/mol. The molecule has 0 aliphatic carbocycles. The van der Waals surface area contributed by atoms with E-state index in [0.29, 0.717) is 23.8 Å². The predicted octanol–water partition coefficient (Wildman–Crippen LogP) is 1.09. The van der Waals surface area contributed by atoms with Crippen molar-refractivity contribution in [2.24, 2.45) is 0 Å². The second kappa shape index (κ2) is 7.95. The molecule has 8 heteroatoms. The summed E-state index contributed by atoms with van der Waals surface area (Å²) in [5, 5.41) is 0.376. The van der Waals surface area contributed by atoms with E-state index in [2.05, 4.69) is 4.72 Å². The maximum Gasteiger partial charge on any atom is 0.240 e. The molecular weight excluding hydrogens is 314 g/mol. The number of hydrogen-bond donors (Lipinski definition) is 2. The Bertz CT molecular complexity index is 553. The van der Waals surface area contributed by atoms with Crippen molar-refractivity contribution in [2.75, 3.05) is 46.1 Å². The highest BCUT2D eigenvalue weighted by Gasteiger charge is 2.16. The number of nitrogens with one attached hydrogen (secondary N) is 1. The van der Waals surface area contributed by atoms with Crippen LogP contribution < -0.4 is 10.5 Å². The maximum absolute atomic E-state index is 12.1. The van der Waals surface area contributed by atoms with Gasteiger partial charge in [0, 0.05) is 13.1 Å². The first kappa shape index (κ1) is 18.2. The van der Waals surface area contributed by atoms with E-state index in [1.54, 1.807) is 6.92 Å². The SMILES string of the molecule is Cc1cc(S(=O)(=O)NCCOCCN(C)C)cc(N)c1Cl. The van der Waals surface area contributed by atoms with Gasteiger partial charge in [-0.1, -0.05) is 11.6 Å². The Morgan fingerprint density at radius 2 is 2.00 bits per heavy atom. The number of anilines is 1. The minimum absolute atomic E-state index is 0.107. The summed E-state index contributed by atoms with van der Waals surface area (Å²) in [5.74, 6) is 0. The molecule has 120 valence electrons. The molecule has 0 spiro atoms. The van der Waals surface area contributed by atoms with Crippen LogP contribution in [0, 0.1) is 6.92 Å². The van der Waals surface area contributed by atoms with E-state index in [4.69, 9.17) is 22.1 Å². The number of ether oxygens (including phenoxy) is 1. The fourth-order valence-corrected chi connectivity index (χ4v) is 2.84. The van der Waals surface area contributed by atoms with Crippen LogP contribution in [0.2, 0.25) is 5.02 Å². The third-order valence-electron chi connectivity index (χ3n) is 2.79.